The second kappa shape index (κ2) is 6.92. The second-order valence-electron chi connectivity index (χ2n) is 5.02. The van der Waals surface area contributed by atoms with Crippen molar-refractivity contribution in [3.05, 3.63) is 34.9 Å². The summed E-state index contributed by atoms with van der Waals surface area (Å²) in [6, 6.07) is 7.79. The summed E-state index contributed by atoms with van der Waals surface area (Å²) in [6.45, 7) is 1.03. The lowest BCUT2D eigenvalue weighted by molar-refractivity contribution is -0.131. The predicted molar refractivity (Wildman–Crippen MR) is 76.2 cm³/mol. The van der Waals surface area contributed by atoms with Gasteiger partial charge in [0, 0.05) is 24.2 Å². The minimum Gasteiger partial charge on any atom is -0.396 e. The van der Waals surface area contributed by atoms with E-state index in [1.807, 2.05) is 29.2 Å². The van der Waals surface area contributed by atoms with Crippen LogP contribution in [0, 0.1) is 0 Å². The van der Waals surface area contributed by atoms with Crippen LogP contribution in [0.4, 0.5) is 0 Å². The van der Waals surface area contributed by atoms with Crippen LogP contribution in [0.25, 0.3) is 0 Å². The second-order valence-corrected chi connectivity index (χ2v) is 5.42. The molecule has 0 saturated carbocycles. The molecular formula is C15H20ClNO2. The van der Waals surface area contributed by atoms with E-state index in [1.165, 1.54) is 0 Å². The van der Waals surface area contributed by atoms with Crippen LogP contribution in [0.1, 0.15) is 31.2 Å². The number of benzene rings is 1. The van der Waals surface area contributed by atoms with Gasteiger partial charge in [0.1, 0.15) is 0 Å². The fraction of sp³-hybridized carbons (Fsp3) is 0.533. The maximum atomic E-state index is 12.3. The quantitative estimate of drug-likeness (QED) is 0.901. The van der Waals surface area contributed by atoms with Gasteiger partial charge in [-0.1, -0.05) is 29.8 Å². The average molecular weight is 282 g/mol. The Balaban J connectivity index is 1.97. The lowest BCUT2D eigenvalue weighted by atomic mass is 10.1. The third-order valence-electron chi connectivity index (χ3n) is 3.69. The molecule has 4 heteroatoms. The first kappa shape index (κ1) is 14.4. The molecule has 1 heterocycles. The Hall–Kier alpha value is -1.06. The number of aliphatic hydroxyl groups is 1. The summed E-state index contributed by atoms with van der Waals surface area (Å²) in [5.74, 6) is 0.147. The maximum Gasteiger partial charge on any atom is 0.227 e. The van der Waals surface area contributed by atoms with Gasteiger partial charge in [0.15, 0.2) is 0 Å². The Morgan fingerprint density at radius 2 is 2.21 bits per heavy atom. The minimum absolute atomic E-state index is 0.147. The van der Waals surface area contributed by atoms with Crippen molar-refractivity contribution in [1.29, 1.82) is 0 Å². The van der Waals surface area contributed by atoms with Crippen molar-refractivity contribution < 1.29 is 9.90 Å². The number of likely N-dealkylation sites (tertiary alicyclic amines) is 1. The van der Waals surface area contributed by atoms with E-state index < -0.39 is 0 Å². The molecule has 0 spiro atoms. The highest BCUT2D eigenvalue weighted by Gasteiger charge is 2.28. The lowest BCUT2D eigenvalue weighted by Crippen LogP contribution is -2.36. The van der Waals surface area contributed by atoms with Gasteiger partial charge < -0.3 is 10.0 Å². The van der Waals surface area contributed by atoms with Crippen LogP contribution < -0.4 is 0 Å². The van der Waals surface area contributed by atoms with Crippen molar-refractivity contribution in [1.82, 2.24) is 4.90 Å². The van der Waals surface area contributed by atoms with Crippen molar-refractivity contribution in [2.24, 2.45) is 0 Å². The highest BCUT2D eigenvalue weighted by Crippen LogP contribution is 2.23. The number of hydrogen-bond donors (Lipinski definition) is 1. The summed E-state index contributed by atoms with van der Waals surface area (Å²) in [6.07, 6.45) is 4.14. The van der Waals surface area contributed by atoms with E-state index in [0.717, 1.165) is 37.8 Å². The standard InChI is InChI=1S/C15H20ClNO2/c16-14-8-2-1-5-12(14)11-15(19)17-9-3-6-13(17)7-4-10-18/h1-2,5,8,13,18H,3-4,6-7,9-11H2. The first-order chi connectivity index (χ1) is 9.22. The van der Waals surface area contributed by atoms with Crippen LogP contribution in [-0.4, -0.2) is 35.1 Å². The van der Waals surface area contributed by atoms with Gasteiger partial charge in [0.25, 0.3) is 0 Å². The first-order valence-electron chi connectivity index (χ1n) is 6.86. The summed E-state index contributed by atoms with van der Waals surface area (Å²) in [4.78, 5) is 14.3. The summed E-state index contributed by atoms with van der Waals surface area (Å²) < 4.78 is 0. The zero-order valence-corrected chi connectivity index (χ0v) is 11.8. The number of amides is 1. The predicted octanol–water partition coefficient (Wildman–Crippen LogP) is 2.65. The van der Waals surface area contributed by atoms with Gasteiger partial charge in [-0.3, -0.25) is 4.79 Å². The van der Waals surface area contributed by atoms with E-state index in [1.54, 1.807) is 0 Å². The molecule has 1 unspecified atom stereocenters. The highest BCUT2D eigenvalue weighted by atomic mass is 35.5. The summed E-state index contributed by atoms with van der Waals surface area (Å²) in [7, 11) is 0. The molecule has 1 N–H and O–H groups in total. The smallest absolute Gasteiger partial charge is 0.227 e. The molecule has 0 radical (unpaired) electrons. The van der Waals surface area contributed by atoms with Gasteiger partial charge in [-0.25, -0.2) is 0 Å². The van der Waals surface area contributed by atoms with E-state index in [4.69, 9.17) is 16.7 Å². The number of rotatable bonds is 5. The number of aliphatic hydroxyl groups excluding tert-OH is 1. The molecule has 0 aliphatic carbocycles. The third kappa shape index (κ3) is 3.71. The molecular weight excluding hydrogens is 262 g/mol. The van der Waals surface area contributed by atoms with Gasteiger partial charge in [-0.05, 0) is 37.3 Å². The highest BCUT2D eigenvalue weighted by molar-refractivity contribution is 6.31. The molecule has 1 aromatic rings. The molecule has 1 aliphatic heterocycles. The molecule has 0 aromatic heterocycles. The van der Waals surface area contributed by atoms with E-state index in [0.29, 0.717) is 17.5 Å². The Labute approximate surface area is 119 Å². The number of nitrogens with zero attached hydrogens (tertiary/aromatic N) is 1. The molecule has 1 fully saturated rings. The van der Waals surface area contributed by atoms with E-state index in [-0.39, 0.29) is 12.5 Å². The topological polar surface area (TPSA) is 40.5 Å². The Morgan fingerprint density at radius 3 is 2.95 bits per heavy atom. The molecule has 19 heavy (non-hydrogen) atoms. The van der Waals surface area contributed by atoms with Crippen molar-refractivity contribution in [3.63, 3.8) is 0 Å². The molecule has 104 valence electrons. The fourth-order valence-electron chi connectivity index (χ4n) is 2.70. The normalized spacial score (nSPS) is 18.8. The van der Waals surface area contributed by atoms with E-state index in [2.05, 4.69) is 0 Å². The van der Waals surface area contributed by atoms with Crippen molar-refractivity contribution in [2.75, 3.05) is 13.2 Å². The van der Waals surface area contributed by atoms with Crippen LogP contribution in [0.3, 0.4) is 0 Å². The van der Waals surface area contributed by atoms with Gasteiger partial charge in [-0.2, -0.15) is 0 Å². The molecule has 1 atom stereocenters. The summed E-state index contributed by atoms with van der Waals surface area (Å²) in [5.41, 5.74) is 0.891. The molecule has 1 aromatic carbocycles. The molecule has 1 saturated heterocycles. The molecule has 1 aliphatic rings. The van der Waals surface area contributed by atoms with Crippen LogP contribution in [0.5, 0.6) is 0 Å². The number of carbonyl (C=O) groups excluding carboxylic acids is 1. The van der Waals surface area contributed by atoms with E-state index >= 15 is 0 Å². The van der Waals surface area contributed by atoms with Crippen LogP contribution >= 0.6 is 11.6 Å². The van der Waals surface area contributed by atoms with Crippen molar-refractivity contribution >= 4 is 17.5 Å². The maximum absolute atomic E-state index is 12.3. The molecule has 2 rings (SSSR count). The summed E-state index contributed by atoms with van der Waals surface area (Å²) in [5, 5.41) is 9.56. The van der Waals surface area contributed by atoms with Crippen molar-refractivity contribution in [2.45, 2.75) is 38.1 Å². The van der Waals surface area contributed by atoms with Crippen LogP contribution in [-0.2, 0) is 11.2 Å². The van der Waals surface area contributed by atoms with Gasteiger partial charge in [0.2, 0.25) is 5.91 Å². The van der Waals surface area contributed by atoms with Gasteiger partial charge in [0.05, 0.1) is 6.42 Å². The summed E-state index contributed by atoms with van der Waals surface area (Å²) >= 11 is 6.09. The molecule has 1 amide bonds. The number of hydrogen-bond acceptors (Lipinski definition) is 2. The Morgan fingerprint density at radius 1 is 1.42 bits per heavy atom. The average Bonchev–Trinajstić information content (AvgIpc) is 2.87. The lowest BCUT2D eigenvalue weighted by Gasteiger charge is -2.24. The SMILES string of the molecule is O=C(Cc1ccccc1Cl)N1CCCC1CCCO. The monoisotopic (exact) mass is 281 g/mol. The van der Waals surface area contributed by atoms with Crippen molar-refractivity contribution in [3.8, 4) is 0 Å². The largest absolute Gasteiger partial charge is 0.396 e. The first-order valence-corrected chi connectivity index (χ1v) is 7.24. The molecule has 0 bridgehead atoms. The number of halogens is 1. The Kier molecular flexibility index (Phi) is 5.23. The Bertz CT molecular complexity index is 436. The molecule has 3 nitrogen and oxygen atoms in total. The van der Waals surface area contributed by atoms with E-state index in [9.17, 15) is 4.79 Å². The van der Waals surface area contributed by atoms with Crippen LogP contribution in [0.15, 0.2) is 24.3 Å². The zero-order chi connectivity index (χ0) is 13.7. The fourth-order valence-corrected chi connectivity index (χ4v) is 2.90. The minimum atomic E-state index is 0.147. The van der Waals surface area contributed by atoms with Gasteiger partial charge in [-0.15, -0.1) is 0 Å². The third-order valence-corrected chi connectivity index (χ3v) is 4.06. The van der Waals surface area contributed by atoms with Gasteiger partial charge >= 0.3 is 0 Å². The number of carbonyl (C=O) groups is 1. The van der Waals surface area contributed by atoms with Crippen LogP contribution in [0.2, 0.25) is 5.02 Å². The zero-order valence-electron chi connectivity index (χ0n) is 11.0.